The highest BCUT2D eigenvalue weighted by Gasteiger charge is 2.25. The lowest BCUT2D eigenvalue weighted by atomic mass is 10.1. The van der Waals surface area contributed by atoms with Crippen LogP contribution < -0.4 is 30.7 Å². The first-order chi connectivity index (χ1) is 19.2. The van der Waals surface area contributed by atoms with E-state index in [9.17, 15) is 14.4 Å². The summed E-state index contributed by atoms with van der Waals surface area (Å²) in [5.41, 5.74) is 8.98. The van der Waals surface area contributed by atoms with Crippen molar-refractivity contribution in [2.75, 3.05) is 13.7 Å². The highest BCUT2D eigenvalue weighted by atomic mass is 35.5. The highest BCUT2D eigenvalue weighted by Crippen LogP contribution is 2.29. The summed E-state index contributed by atoms with van der Waals surface area (Å²) < 4.78 is 16.3. The fraction of sp³-hybridized carbons (Fsp3) is 0.214. The molecule has 12 heteroatoms. The van der Waals surface area contributed by atoms with Crippen LogP contribution in [0.15, 0.2) is 71.8 Å². The first-order valence-electron chi connectivity index (χ1n) is 12.0. The van der Waals surface area contributed by atoms with Gasteiger partial charge in [-0.25, -0.2) is 5.43 Å². The van der Waals surface area contributed by atoms with Gasteiger partial charge in [-0.2, -0.15) is 5.10 Å². The molecular weight excluding hydrogens is 559 g/mol. The molecule has 0 aliphatic heterocycles. The number of hydrogen-bond donors (Lipinski definition) is 3. The summed E-state index contributed by atoms with van der Waals surface area (Å²) in [5.74, 6) is -0.739. The molecule has 0 aliphatic rings. The zero-order valence-corrected chi connectivity index (χ0v) is 23.2. The van der Waals surface area contributed by atoms with Gasteiger partial charge in [-0.1, -0.05) is 53.5 Å². The molecule has 40 heavy (non-hydrogen) atoms. The number of rotatable bonds is 13. The molecule has 0 radical (unpaired) electrons. The molecule has 0 bridgehead atoms. The maximum absolute atomic E-state index is 13.1. The summed E-state index contributed by atoms with van der Waals surface area (Å²) in [7, 11) is 1.44. The first kappa shape index (κ1) is 30.3. The van der Waals surface area contributed by atoms with E-state index >= 15 is 0 Å². The van der Waals surface area contributed by atoms with E-state index in [1.165, 1.54) is 19.4 Å². The van der Waals surface area contributed by atoms with Crippen LogP contribution in [0.3, 0.4) is 0 Å². The summed E-state index contributed by atoms with van der Waals surface area (Å²) >= 11 is 12.1. The van der Waals surface area contributed by atoms with Gasteiger partial charge in [-0.15, -0.1) is 0 Å². The third-order valence-electron chi connectivity index (χ3n) is 5.43. The van der Waals surface area contributed by atoms with E-state index in [0.29, 0.717) is 22.1 Å². The Morgan fingerprint density at radius 1 is 0.975 bits per heavy atom. The molecular formula is C28H28Cl2N4O6. The van der Waals surface area contributed by atoms with Gasteiger partial charge < -0.3 is 25.3 Å². The Balaban J connectivity index is 1.69. The van der Waals surface area contributed by atoms with E-state index in [0.717, 1.165) is 5.56 Å². The van der Waals surface area contributed by atoms with E-state index in [-0.39, 0.29) is 23.8 Å². The molecule has 3 rings (SSSR count). The number of primary amides is 1. The smallest absolute Gasteiger partial charge is 0.262 e. The quantitative estimate of drug-likeness (QED) is 0.207. The van der Waals surface area contributed by atoms with Gasteiger partial charge in [0.1, 0.15) is 11.8 Å². The Hall–Kier alpha value is -4.28. The number of carbonyl (C=O) groups excluding carboxylic acids is 3. The average Bonchev–Trinajstić information content (AvgIpc) is 2.93. The molecule has 210 valence electrons. The minimum absolute atomic E-state index is 0.210. The number of nitrogens with zero attached hydrogens (tertiary/aromatic N) is 1. The average molecular weight is 587 g/mol. The standard InChI is InChI=1S/C28H28Cl2N4O6/c1-17(40-23-11-9-20(29)14-21(23)30)27(36)33-22(12-18-6-4-3-5-7-18)28(37)34-32-15-19-8-10-24(25(13-19)38-2)39-16-26(31)35/h3-11,13-15,17,22H,12,16H2,1-2H3,(H2,31,35)(H,33,36)(H,34,37)/b32-15-/t17-,22+/m0/s1. The number of benzene rings is 3. The third kappa shape index (κ3) is 9.18. The number of hydrazone groups is 1. The molecule has 0 saturated carbocycles. The lowest BCUT2D eigenvalue weighted by Gasteiger charge is -2.21. The minimum Gasteiger partial charge on any atom is -0.493 e. The fourth-order valence-electron chi connectivity index (χ4n) is 3.44. The molecule has 3 aromatic carbocycles. The van der Waals surface area contributed by atoms with Gasteiger partial charge in [0.15, 0.2) is 24.2 Å². The summed E-state index contributed by atoms with van der Waals surface area (Å²) in [6, 6.07) is 17.7. The van der Waals surface area contributed by atoms with Crippen molar-refractivity contribution < 1.29 is 28.6 Å². The van der Waals surface area contributed by atoms with Crippen LogP contribution in [0.25, 0.3) is 0 Å². The highest BCUT2D eigenvalue weighted by molar-refractivity contribution is 6.35. The van der Waals surface area contributed by atoms with Crippen molar-refractivity contribution in [2.45, 2.75) is 25.5 Å². The van der Waals surface area contributed by atoms with Crippen molar-refractivity contribution in [1.82, 2.24) is 10.7 Å². The van der Waals surface area contributed by atoms with Crippen molar-refractivity contribution in [2.24, 2.45) is 10.8 Å². The van der Waals surface area contributed by atoms with Gasteiger partial charge in [0, 0.05) is 11.4 Å². The van der Waals surface area contributed by atoms with Crippen molar-refractivity contribution in [1.29, 1.82) is 0 Å². The van der Waals surface area contributed by atoms with Crippen molar-refractivity contribution in [3.63, 3.8) is 0 Å². The minimum atomic E-state index is -0.962. The topological polar surface area (TPSA) is 141 Å². The van der Waals surface area contributed by atoms with Crippen molar-refractivity contribution in [3.8, 4) is 17.2 Å². The molecule has 0 aromatic heterocycles. The molecule has 0 fully saturated rings. The molecule has 2 atom stereocenters. The molecule has 10 nitrogen and oxygen atoms in total. The normalized spacial score (nSPS) is 12.3. The molecule has 0 saturated heterocycles. The van der Waals surface area contributed by atoms with Crippen LogP contribution in [0.1, 0.15) is 18.1 Å². The molecule has 0 aliphatic carbocycles. The number of methoxy groups -OCH3 is 1. The van der Waals surface area contributed by atoms with Crippen molar-refractivity contribution in [3.05, 3.63) is 87.9 Å². The van der Waals surface area contributed by atoms with Gasteiger partial charge in [0.25, 0.3) is 17.7 Å². The first-order valence-corrected chi connectivity index (χ1v) is 12.8. The van der Waals surface area contributed by atoms with Crippen LogP contribution in [0.4, 0.5) is 0 Å². The van der Waals surface area contributed by atoms with Crippen LogP contribution in [0.5, 0.6) is 17.2 Å². The number of amides is 3. The molecule has 0 spiro atoms. The molecule has 3 amide bonds. The predicted octanol–water partition coefficient (Wildman–Crippen LogP) is 3.51. The van der Waals surface area contributed by atoms with E-state index < -0.39 is 29.9 Å². The van der Waals surface area contributed by atoms with Gasteiger partial charge in [-0.3, -0.25) is 14.4 Å². The van der Waals surface area contributed by atoms with E-state index in [1.807, 2.05) is 30.3 Å². The second-order valence-corrected chi connectivity index (χ2v) is 9.33. The van der Waals surface area contributed by atoms with Crippen LogP contribution in [-0.4, -0.2) is 49.8 Å². The van der Waals surface area contributed by atoms with Gasteiger partial charge in [-0.05, 0) is 54.4 Å². The molecule has 3 aromatic rings. The predicted molar refractivity (Wildman–Crippen MR) is 152 cm³/mol. The Bertz CT molecular complexity index is 1370. The maximum atomic E-state index is 13.1. The van der Waals surface area contributed by atoms with E-state index in [1.54, 1.807) is 37.3 Å². The maximum Gasteiger partial charge on any atom is 0.262 e. The zero-order chi connectivity index (χ0) is 29.1. The van der Waals surface area contributed by atoms with Crippen molar-refractivity contribution >= 4 is 47.1 Å². The largest absolute Gasteiger partial charge is 0.493 e. The number of carbonyl (C=O) groups is 3. The van der Waals surface area contributed by atoms with Crippen LogP contribution in [0, 0.1) is 0 Å². The Morgan fingerprint density at radius 2 is 1.70 bits per heavy atom. The summed E-state index contributed by atoms with van der Waals surface area (Å²) in [6.07, 6.45) is 0.645. The molecule has 0 heterocycles. The van der Waals surface area contributed by atoms with Gasteiger partial charge in [0.2, 0.25) is 0 Å². The van der Waals surface area contributed by atoms with Gasteiger partial charge >= 0.3 is 0 Å². The van der Waals surface area contributed by atoms with Crippen LogP contribution >= 0.6 is 23.2 Å². The lowest BCUT2D eigenvalue weighted by Crippen LogP contribution is -2.50. The number of hydrogen-bond acceptors (Lipinski definition) is 7. The van der Waals surface area contributed by atoms with Crippen LogP contribution in [0.2, 0.25) is 10.0 Å². The monoisotopic (exact) mass is 586 g/mol. The van der Waals surface area contributed by atoms with Gasteiger partial charge in [0.05, 0.1) is 18.3 Å². The second kappa shape index (κ2) is 14.8. The Morgan fingerprint density at radius 3 is 2.38 bits per heavy atom. The van der Waals surface area contributed by atoms with E-state index in [4.69, 9.17) is 43.1 Å². The zero-order valence-electron chi connectivity index (χ0n) is 21.7. The summed E-state index contributed by atoms with van der Waals surface area (Å²) in [5, 5.41) is 7.42. The number of nitrogens with two attached hydrogens (primary N) is 1. The number of halogens is 2. The molecule has 4 N–H and O–H groups in total. The third-order valence-corrected chi connectivity index (χ3v) is 5.96. The van der Waals surface area contributed by atoms with Crippen LogP contribution in [-0.2, 0) is 20.8 Å². The lowest BCUT2D eigenvalue weighted by molar-refractivity contribution is -0.132. The summed E-state index contributed by atoms with van der Waals surface area (Å²) in [6.45, 7) is 1.24. The Kier molecular flexibility index (Phi) is 11.2. The fourth-order valence-corrected chi connectivity index (χ4v) is 3.90. The second-order valence-electron chi connectivity index (χ2n) is 8.49. The number of nitrogens with one attached hydrogen (secondary N) is 2. The summed E-state index contributed by atoms with van der Waals surface area (Å²) in [4.78, 5) is 37.0. The molecule has 0 unspecified atom stereocenters. The SMILES string of the molecule is COc1cc(/C=N\NC(=O)[C@@H](Cc2ccccc2)NC(=O)[C@H](C)Oc2ccc(Cl)cc2Cl)ccc1OCC(N)=O. The Labute approximate surface area is 241 Å². The van der Waals surface area contributed by atoms with E-state index in [2.05, 4.69) is 15.8 Å². The number of ether oxygens (including phenoxy) is 3.